The Labute approximate surface area is 126 Å². The van der Waals surface area contributed by atoms with Crippen LogP contribution < -0.4 is 5.32 Å². The van der Waals surface area contributed by atoms with E-state index in [2.05, 4.69) is 10.7 Å². The summed E-state index contributed by atoms with van der Waals surface area (Å²) in [6.07, 6.45) is 2.45. The van der Waals surface area contributed by atoms with Crippen LogP contribution in [0.25, 0.3) is 11.3 Å². The van der Waals surface area contributed by atoms with Gasteiger partial charge in [0.05, 0.1) is 20.7 Å². The molecule has 0 spiro atoms. The van der Waals surface area contributed by atoms with Crippen molar-refractivity contribution in [2.24, 2.45) is 0 Å². The van der Waals surface area contributed by atoms with Gasteiger partial charge >= 0.3 is 0 Å². The number of hydrogen-bond donors (Lipinski definition) is 1. The highest BCUT2D eigenvalue weighted by Crippen LogP contribution is 2.32. The van der Waals surface area contributed by atoms with Crippen LogP contribution in [0.15, 0.2) is 23.6 Å². The highest BCUT2D eigenvalue weighted by atomic mass is 35.5. The van der Waals surface area contributed by atoms with Crippen molar-refractivity contribution in [1.82, 2.24) is 10.3 Å². The molecule has 100 valence electrons. The largest absolute Gasteiger partial charge is 0.316 e. The van der Waals surface area contributed by atoms with Crippen LogP contribution in [0.1, 0.15) is 23.8 Å². The van der Waals surface area contributed by atoms with Gasteiger partial charge in [-0.25, -0.2) is 4.98 Å². The number of benzene rings is 1. The average Bonchev–Trinajstić information content (AvgIpc) is 2.93. The SMILES string of the molecule is Clc1ccc(-c2csc(C3CCCNC3)n2)cc1Cl. The van der Waals surface area contributed by atoms with E-state index in [0.29, 0.717) is 16.0 Å². The third-order valence-corrected chi connectivity index (χ3v) is 5.13. The van der Waals surface area contributed by atoms with Gasteiger partial charge in [0.1, 0.15) is 0 Å². The van der Waals surface area contributed by atoms with Gasteiger partial charge in [0.15, 0.2) is 0 Å². The van der Waals surface area contributed by atoms with E-state index in [4.69, 9.17) is 28.2 Å². The third kappa shape index (κ3) is 2.95. The first kappa shape index (κ1) is 13.4. The van der Waals surface area contributed by atoms with Crippen LogP contribution in [-0.2, 0) is 0 Å². The van der Waals surface area contributed by atoms with Gasteiger partial charge in [0.2, 0.25) is 0 Å². The van der Waals surface area contributed by atoms with Crippen molar-refractivity contribution < 1.29 is 0 Å². The first-order chi connectivity index (χ1) is 9.24. The molecular weight excluding hydrogens is 299 g/mol. The van der Waals surface area contributed by atoms with Crippen LogP contribution in [0.2, 0.25) is 10.0 Å². The fourth-order valence-corrected chi connectivity index (χ4v) is 3.59. The van der Waals surface area contributed by atoms with Crippen LogP contribution in [0.3, 0.4) is 0 Å². The Balaban J connectivity index is 1.85. The fraction of sp³-hybridized carbons (Fsp3) is 0.357. The Hall–Kier alpha value is -0.610. The molecule has 1 aliphatic rings. The summed E-state index contributed by atoms with van der Waals surface area (Å²) >= 11 is 13.7. The monoisotopic (exact) mass is 312 g/mol. The van der Waals surface area contributed by atoms with Crippen molar-refractivity contribution >= 4 is 34.5 Å². The normalized spacial score (nSPS) is 19.6. The van der Waals surface area contributed by atoms with Gasteiger partial charge in [-0.1, -0.05) is 29.3 Å². The Bertz CT molecular complexity index is 577. The lowest BCUT2D eigenvalue weighted by Crippen LogP contribution is -2.28. The maximum Gasteiger partial charge on any atom is 0.0976 e. The number of aromatic nitrogens is 1. The number of piperidine rings is 1. The van der Waals surface area contributed by atoms with Crippen molar-refractivity contribution in [2.45, 2.75) is 18.8 Å². The van der Waals surface area contributed by atoms with E-state index in [1.165, 1.54) is 17.8 Å². The van der Waals surface area contributed by atoms with E-state index in [-0.39, 0.29) is 0 Å². The summed E-state index contributed by atoms with van der Waals surface area (Å²) < 4.78 is 0. The minimum Gasteiger partial charge on any atom is -0.316 e. The minimum atomic E-state index is 0.551. The zero-order chi connectivity index (χ0) is 13.2. The molecule has 2 heterocycles. The second-order valence-corrected chi connectivity index (χ2v) is 6.45. The zero-order valence-electron chi connectivity index (χ0n) is 10.3. The summed E-state index contributed by atoms with van der Waals surface area (Å²) in [5.74, 6) is 0.551. The average molecular weight is 313 g/mol. The fourth-order valence-electron chi connectivity index (χ4n) is 2.33. The van der Waals surface area contributed by atoms with E-state index in [9.17, 15) is 0 Å². The second-order valence-electron chi connectivity index (χ2n) is 4.74. The van der Waals surface area contributed by atoms with Gasteiger partial charge in [0.25, 0.3) is 0 Å². The molecule has 2 nitrogen and oxygen atoms in total. The van der Waals surface area contributed by atoms with Gasteiger partial charge in [0, 0.05) is 23.4 Å². The van der Waals surface area contributed by atoms with Crippen molar-refractivity contribution in [1.29, 1.82) is 0 Å². The van der Waals surface area contributed by atoms with E-state index < -0.39 is 0 Å². The first-order valence-corrected chi connectivity index (χ1v) is 7.99. The molecule has 1 fully saturated rings. The van der Waals surface area contributed by atoms with Gasteiger partial charge in [-0.05, 0) is 31.5 Å². The van der Waals surface area contributed by atoms with Crippen LogP contribution in [0.4, 0.5) is 0 Å². The molecule has 0 amide bonds. The highest BCUT2D eigenvalue weighted by Gasteiger charge is 2.18. The number of nitrogens with one attached hydrogen (secondary N) is 1. The lowest BCUT2D eigenvalue weighted by molar-refractivity contribution is 0.460. The molecular formula is C14H14Cl2N2S. The maximum atomic E-state index is 6.05. The Kier molecular flexibility index (Phi) is 4.08. The zero-order valence-corrected chi connectivity index (χ0v) is 12.7. The lowest BCUT2D eigenvalue weighted by atomic mass is 10.0. The van der Waals surface area contributed by atoms with Crippen LogP contribution in [-0.4, -0.2) is 18.1 Å². The van der Waals surface area contributed by atoms with E-state index in [0.717, 1.165) is 24.3 Å². The minimum absolute atomic E-state index is 0.551. The molecule has 1 aliphatic heterocycles. The summed E-state index contributed by atoms with van der Waals surface area (Å²) in [6, 6.07) is 5.66. The van der Waals surface area contributed by atoms with E-state index in [1.807, 2.05) is 18.2 Å². The predicted molar refractivity (Wildman–Crippen MR) is 82.4 cm³/mol. The van der Waals surface area contributed by atoms with Crippen molar-refractivity contribution in [3.8, 4) is 11.3 Å². The molecule has 1 aromatic carbocycles. The number of rotatable bonds is 2. The van der Waals surface area contributed by atoms with E-state index in [1.54, 1.807) is 11.3 Å². The Morgan fingerprint density at radius 1 is 1.26 bits per heavy atom. The lowest BCUT2D eigenvalue weighted by Gasteiger charge is -2.20. The highest BCUT2D eigenvalue weighted by molar-refractivity contribution is 7.10. The molecule has 1 atom stereocenters. The number of nitrogens with zero attached hydrogens (tertiary/aromatic N) is 1. The van der Waals surface area contributed by atoms with Gasteiger partial charge in [-0.3, -0.25) is 0 Å². The number of halogens is 2. The molecule has 0 saturated carbocycles. The number of hydrogen-bond acceptors (Lipinski definition) is 3. The molecule has 0 bridgehead atoms. The molecule has 0 radical (unpaired) electrons. The van der Waals surface area contributed by atoms with Crippen molar-refractivity contribution in [3.63, 3.8) is 0 Å². The van der Waals surface area contributed by atoms with Gasteiger partial charge < -0.3 is 5.32 Å². The van der Waals surface area contributed by atoms with Crippen molar-refractivity contribution in [2.75, 3.05) is 13.1 Å². The topological polar surface area (TPSA) is 24.9 Å². The summed E-state index contributed by atoms with van der Waals surface area (Å²) in [5, 5.41) is 7.90. The molecule has 19 heavy (non-hydrogen) atoms. The van der Waals surface area contributed by atoms with Crippen molar-refractivity contribution in [3.05, 3.63) is 38.6 Å². The molecule has 2 aromatic rings. The molecule has 1 aromatic heterocycles. The van der Waals surface area contributed by atoms with E-state index >= 15 is 0 Å². The van der Waals surface area contributed by atoms with Crippen LogP contribution >= 0.6 is 34.5 Å². The molecule has 1 unspecified atom stereocenters. The van der Waals surface area contributed by atoms with Gasteiger partial charge in [-0.15, -0.1) is 11.3 Å². The first-order valence-electron chi connectivity index (χ1n) is 6.35. The Morgan fingerprint density at radius 2 is 2.16 bits per heavy atom. The molecule has 5 heteroatoms. The molecule has 0 aliphatic carbocycles. The Morgan fingerprint density at radius 3 is 2.89 bits per heavy atom. The molecule has 1 N–H and O–H groups in total. The predicted octanol–water partition coefficient (Wildman–Crippen LogP) is 4.58. The summed E-state index contributed by atoms with van der Waals surface area (Å²) in [4.78, 5) is 4.75. The third-order valence-electron chi connectivity index (χ3n) is 3.38. The van der Waals surface area contributed by atoms with Gasteiger partial charge in [-0.2, -0.15) is 0 Å². The smallest absolute Gasteiger partial charge is 0.0976 e. The second kappa shape index (κ2) is 5.80. The number of thiazole rings is 1. The molecule has 3 rings (SSSR count). The quantitative estimate of drug-likeness (QED) is 0.877. The van der Waals surface area contributed by atoms with Crippen LogP contribution in [0, 0.1) is 0 Å². The maximum absolute atomic E-state index is 6.05. The molecule has 1 saturated heterocycles. The summed E-state index contributed by atoms with van der Waals surface area (Å²) in [5.41, 5.74) is 2.02. The van der Waals surface area contributed by atoms with Crippen LogP contribution in [0.5, 0.6) is 0 Å². The summed E-state index contributed by atoms with van der Waals surface area (Å²) in [7, 11) is 0. The standard InChI is InChI=1S/C14H14Cl2N2S/c15-11-4-3-9(6-12(11)16)13-8-19-14(18-13)10-2-1-5-17-7-10/h3-4,6,8,10,17H,1-2,5,7H2. The summed E-state index contributed by atoms with van der Waals surface area (Å²) in [6.45, 7) is 2.16.